The van der Waals surface area contributed by atoms with Gasteiger partial charge < -0.3 is 10.0 Å². The van der Waals surface area contributed by atoms with Crippen LogP contribution in [-0.4, -0.2) is 16.0 Å². The minimum absolute atomic E-state index is 0.111. The first kappa shape index (κ1) is 18.2. The molecular formula is C17H13F5N2O2. The third-order valence-electron chi connectivity index (χ3n) is 4.11. The van der Waals surface area contributed by atoms with Crippen molar-refractivity contribution < 1.29 is 31.9 Å². The molecule has 1 N–H and O–H groups in total. The van der Waals surface area contributed by atoms with Crippen LogP contribution in [0.5, 0.6) is 0 Å². The average Bonchev–Trinajstić information content (AvgIpc) is 2.75. The van der Waals surface area contributed by atoms with Gasteiger partial charge in [-0.2, -0.15) is 22.0 Å². The maximum absolute atomic E-state index is 14.5. The van der Waals surface area contributed by atoms with Crippen LogP contribution in [0, 0.1) is 0 Å². The Morgan fingerprint density at radius 1 is 1.27 bits per heavy atom. The van der Waals surface area contributed by atoms with Crippen LogP contribution in [0.4, 0.5) is 27.6 Å². The number of hydrogen-bond donors (Lipinski definition) is 1. The molecule has 1 aromatic heterocycles. The number of hydrogen-bond acceptors (Lipinski definition) is 3. The number of rotatable bonds is 3. The summed E-state index contributed by atoms with van der Waals surface area (Å²) in [6.07, 6.45) is -4.95. The molecule has 0 saturated carbocycles. The third kappa shape index (κ3) is 2.92. The second-order valence-corrected chi connectivity index (χ2v) is 5.92. The summed E-state index contributed by atoms with van der Waals surface area (Å²) >= 11 is 0. The molecular weight excluding hydrogens is 359 g/mol. The zero-order valence-electron chi connectivity index (χ0n) is 13.4. The van der Waals surface area contributed by atoms with Crippen LogP contribution >= 0.6 is 0 Å². The molecule has 0 aliphatic carbocycles. The van der Waals surface area contributed by atoms with Gasteiger partial charge in [0, 0.05) is 6.20 Å². The first-order valence-electron chi connectivity index (χ1n) is 7.57. The minimum atomic E-state index is -4.62. The lowest BCUT2D eigenvalue weighted by molar-refractivity contribution is -0.141. The fraction of sp³-hybridized carbons (Fsp3) is 0.294. The molecule has 0 unspecified atom stereocenters. The van der Waals surface area contributed by atoms with Gasteiger partial charge in [-0.25, -0.2) is 0 Å². The Morgan fingerprint density at radius 3 is 2.58 bits per heavy atom. The van der Waals surface area contributed by atoms with Crippen LogP contribution in [-0.2, 0) is 23.4 Å². The van der Waals surface area contributed by atoms with E-state index in [2.05, 4.69) is 4.98 Å². The van der Waals surface area contributed by atoms with Crippen LogP contribution in [0.3, 0.4) is 0 Å². The first-order chi connectivity index (χ1) is 12.0. The molecule has 0 fully saturated rings. The van der Waals surface area contributed by atoms with Gasteiger partial charge in [-0.3, -0.25) is 9.78 Å². The molecule has 2 aromatic rings. The number of alkyl halides is 5. The number of anilines is 1. The predicted molar refractivity (Wildman–Crippen MR) is 81.4 cm³/mol. The molecule has 2 heterocycles. The lowest BCUT2D eigenvalue weighted by atomic mass is 9.98. The second kappa shape index (κ2) is 6.01. The van der Waals surface area contributed by atoms with Gasteiger partial charge >= 0.3 is 18.0 Å². The normalized spacial score (nSPS) is 17.3. The number of aliphatic hydroxyl groups excluding tert-OH is 1. The summed E-state index contributed by atoms with van der Waals surface area (Å²) in [7, 11) is 0. The zero-order valence-corrected chi connectivity index (χ0v) is 13.4. The number of fused-ring (bicyclic) bond motifs is 1. The molecule has 1 aromatic carbocycles. The third-order valence-corrected chi connectivity index (χ3v) is 4.11. The van der Waals surface area contributed by atoms with Gasteiger partial charge in [0.15, 0.2) is 0 Å². The van der Waals surface area contributed by atoms with E-state index in [0.29, 0.717) is 11.0 Å². The Kier molecular flexibility index (Phi) is 4.22. The lowest BCUT2D eigenvalue weighted by Crippen LogP contribution is -2.34. The smallest absolute Gasteiger partial charge is 0.389 e. The van der Waals surface area contributed by atoms with Crippen molar-refractivity contribution in [3.05, 3.63) is 58.9 Å². The average molecular weight is 372 g/mol. The molecule has 26 heavy (non-hydrogen) atoms. The molecule has 0 radical (unpaired) electrons. The van der Waals surface area contributed by atoms with Gasteiger partial charge in [-0.1, -0.05) is 12.1 Å². The van der Waals surface area contributed by atoms with Crippen molar-refractivity contribution in [3.63, 3.8) is 0 Å². The van der Waals surface area contributed by atoms with Gasteiger partial charge in [-0.15, -0.1) is 0 Å². The van der Waals surface area contributed by atoms with E-state index in [0.717, 1.165) is 12.3 Å². The number of carbonyl (C=O) groups is 1. The SMILES string of the molecule is C[C@H](O)c1cccc2c1C(F)(F)C(=O)N2Cc1cc(C(F)(F)F)ccn1. The fourth-order valence-corrected chi connectivity index (χ4v) is 2.92. The molecule has 1 atom stereocenters. The summed E-state index contributed by atoms with van der Waals surface area (Å²) in [4.78, 5) is 16.6. The van der Waals surface area contributed by atoms with Crippen molar-refractivity contribution in [1.29, 1.82) is 0 Å². The molecule has 0 saturated heterocycles. The molecule has 1 aliphatic rings. The van der Waals surface area contributed by atoms with E-state index < -0.39 is 41.8 Å². The Morgan fingerprint density at radius 2 is 1.96 bits per heavy atom. The van der Waals surface area contributed by atoms with Crippen molar-refractivity contribution in [1.82, 2.24) is 4.98 Å². The van der Waals surface area contributed by atoms with Gasteiger partial charge in [0.1, 0.15) is 0 Å². The van der Waals surface area contributed by atoms with E-state index in [-0.39, 0.29) is 16.9 Å². The number of carbonyl (C=O) groups excluding carboxylic acids is 1. The van der Waals surface area contributed by atoms with Crippen LogP contribution in [0.2, 0.25) is 0 Å². The number of pyridine rings is 1. The number of aromatic nitrogens is 1. The van der Waals surface area contributed by atoms with Gasteiger partial charge in [-0.05, 0) is 30.7 Å². The first-order valence-corrected chi connectivity index (χ1v) is 7.57. The van der Waals surface area contributed by atoms with Gasteiger partial charge in [0.05, 0.1) is 35.2 Å². The maximum atomic E-state index is 14.5. The summed E-state index contributed by atoms with van der Waals surface area (Å²) in [5, 5.41) is 9.71. The van der Waals surface area contributed by atoms with Gasteiger partial charge in [0.2, 0.25) is 0 Å². The van der Waals surface area contributed by atoms with E-state index in [1.54, 1.807) is 0 Å². The van der Waals surface area contributed by atoms with Crippen molar-refractivity contribution in [2.24, 2.45) is 0 Å². The highest BCUT2D eigenvalue weighted by molar-refractivity contribution is 6.06. The zero-order chi connectivity index (χ0) is 19.3. The summed E-state index contributed by atoms with van der Waals surface area (Å²) < 4.78 is 67.4. The monoisotopic (exact) mass is 372 g/mol. The Labute approximate surface area is 144 Å². The fourth-order valence-electron chi connectivity index (χ4n) is 2.92. The van der Waals surface area contributed by atoms with Gasteiger partial charge in [0.25, 0.3) is 0 Å². The molecule has 3 rings (SSSR count). The highest BCUT2D eigenvalue weighted by Gasteiger charge is 2.54. The van der Waals surface area contributed by atoms with Crippen LogP contribution in [0.15, 0.2) is 36.5 Å². The van der Waals surface area contributed by atoms with Crippen molar-refractivity contribution in [3.8, 4) is 0 Å². The molecule has 138 valence electrons. The standard InChI is InChI=1S/C17H13F5N2O2/c1-9(25)12-3-2-4-13-14(12)16(18,19)15(26)24(13)8-11-7-10(5-6-23-11)17(20,21)22/h2-7,9,25H,8H2,1H3/t9-/m0/s1. The second-order valence-electron chi connectivity index (χ2n) is 5.92. The molecule has 9 heteroatoms. The van der Waals surface area contributed by atoms with E-state index >= 15 is 0 Å². The highest BCUT2D eigenvalue weighted by atomic mass is 19.4. The van der Waals surface area contributed by atoms with Crippen molar-refractivity contribution >= 4 is 11.6 Å². The van der Waals surface area contributed by atoms with Crippen LogP contribution < -0.4 is 4.90 Å². The summed E-state index contributed by atoms with van der Waals surface area (Å²) in [5.41, 5.74) is -2.07. The summed E-state index contributed by atoms with van der Waals surface area (Å²) in [6, 6.07) is 5.39. The predicted octanol–water partition coefficient (Wildman–Crippen LogP) is 3.79. The Hall–Kier alpha value is -2.55. The number of amides is 1. The number of benzene rings is 1. The van der Waals surface area contributed by atoms with E-state index in [4.69, 9.17) is 0 Å². The molecule has 4 nitrogen and oxygen atoms in total. The Balaban J connectivity index is 2.04. The summed E-state index contributed by atoms with van der Waals surface area (Å²) in [5.74, 6) is -5.45. The number of nitrogens with zero attached hydrogens (tertiary/aromatic N) is 2. The maximum Gasteiger partial charge on any atom is 0.416 e. The number of aliphatic hydroxyl groups is 1. The number of halogens is 5. The molecule has 0 spiro atoms. The molecule has 1 amide bonds. The van der Waals surface area contributed by atoms with E-state index in [1.165, 1.54) is 25.1 Å². The topological polar surface area (TPSA) is 53.4 Å². The lowest BCUT2D eigenvalue weighted by Gasteiger charge is -2.18. The molecule has 0 bridgehead atoms. The van der Waals surface area contributed by atoms with Crippen LogP contribution in [0.25, 0.3) is 0 Å². The highest BCUT2D eigenvalue weighted by Crippen LogP contribution is 2.47. The van der Waals surface area contributed by atoms with Crippen molar-refractivity contribution in [2.45, 2.75) is 31.7 Å². The van der Waals surface area contributed by atoms with E-state index in [1.807, 2.05) is 0 Å². The minimum Gasteiger partial charge on any atom is -0.389 e. The Bertz CT molecular complexity index is 864. The van der Waals surface area contributed by atoms with Crippen LogP contribution in [0.1, 0.15) is 35.4 Å². The summed E-state index contributed by atoms with van der Waals surface area (Å²) in [6.45, 7) is 0.738. The quantitative estimate of drug-likeness (QED) is 0.834. The van der Waals surface area contributed by atoms with E-state index in [9.17, 15) is 31.9 Å². The van der Waals surface area contributed by atoms with Crippen molar-refractivity contribution in [2.75, 3.05) is 4.90 Å². The largest absolute Gasteiger partial charge is 0.416 e. The molecule has 1 aliphatic heterocycles.